The van der Waals surface area contributed by atoms with Crippen LogP contribution in [0.25, 0.3) is 10.8 Å². The summed E-state index contributed by atoms with van der Waals surface area (Å²) in [5, 5.41) is 14.8. The van der Waals surface area contributed by atoms with E-state index in [1.54, 1.807) is 12.1 Å². The number of nitrogens with zero attached hydrogens (tertiary/aromatic N) is 2. The molecule has 0 unspecified atom stereocenters. The van der Waals surface area contributed by atoms with Gasteiger partial charge in [-0.2, -0.15) is 0 Å². The highest BCUT2D eigenvalue weighted by Gasteiger charge is 2.23. The molecule has 1 aliphatic heterocycles. The zero-order valence-electron chi connectivity index (χ0n) is 12.2. The lowest BCUT2D eigenvalue weighted by Crippen LogP contribution is -2.13. The molecular formula is C18H13BrN2O2. The fraction of sp³-hybridized carbons (Fsp3) is 0.111. The van der Waals surface area contributed by atoms with Crippen LogP contribution in [-0.2, 0) is 6.42 Å². The van der Waals surface area contributed by atoms with Gasteiger partial charge in [-0.15, -0.1) is 4.91 Å². The van der Waals surface area contributed by atoms with E-state index in [2.05, 4.69) is 38.1 Å². The van der Waals surface area contributed by atoms with E-state index in [1.807, 2.05) is 24.3 Å². The van der Waals surface area contributed by atoms with Crippen LogP contribution in [-0.4, -0.2) is 11.7 Å². The van der Waals surface area contributed by atoms with Crippen molar-refractivity contribution >= 4 is 43.8 Å². The molecule has 1 aliphatic rings. The molecule has 3 aromatic rings. The number of anilines is 2. The average Bonchev–Trinajstić information content (AvgIpc) is 2.98. The molecule has 0 fully saturated rings. The number of phenolic OH excluding ortho intramolecular Hbond substituents is 1. The summed E-state index contributed by atoms with van der Waals surface area (Å²) in [5.74, 6) is -0.0887. The van der Waals surface area contributed by atoms with E-state index in [0.717, 1.165) is 34.2 Å². The van der Waals surface area contributed by atoms with Crippen LogP contribution in [0.1, 0.15) is 5.56 Å². The molecule has 23 heavy (non-hydrogen) atoms. The zero-order chi connectivity index (χ0) is 16.0. The predicted molar refractivity (Wildman–Crippen MR) is 95.9 cm³/mol. The smallest absolute Gasteiger partial charge is 0.157 e. The van der Waals surface area contributed by atoms with E-state index in [0.29, 0.717) is 5.39 Å². The Hall–Kier alpha value is -2.40. The number of para-hydroxylation sites is 1. The average molecular weight is 369 g/mol. The molecule has 0 saturated heterocycles. The minimum absolute atomic E-state index is 0.0868. The Morgan fingerprint density at radius 1 is 1.04 bits per heavy atom. The van der Waals surface area contributed by atoms with Gasteiger partial charge in [0, 0.05) is 33.5 Å². The van der Waals surface area contributed by atoms with Gasteiger partial charge >= 0.3 is 0 Å². The molecule has 4 nitrogen and oxygen atoms in total. The predicted octanol–water partition coefficient (Wildman–Crippen LogP) is 5.40. The van der Waals surface area contributed by atoms with Crippen molar-refractivity contribution < 1.29 is 5.11 Å². The number of phenols is 1. The molecule has 0 spiro atoms. The van der Waals surface area contributed by atoms with Crippen molar-refractivity contribution in [2.75, 3.05) is 11.4 Å². The summed E-state index contributed by atoms with van der Waals surface area (Å²) in [4.78, 5) is 13.3. The van der Waals surface area contributed by atoms with Gasteiger partial charge in [-0.1, -0.05) is 40.2 Å². The monoisotopic (exact) mass is 368 g/mol. The Morgan fingerprint density at radius 2 is 1.87 bits per heavy atom. The van der Waals surface area contributed by atoms with Gasteiger partial charge in [-0.25, -0.2) is 0 Å². The number of hydrogen-bond acceptors (Lipinski definition) is 4. The van der Waals surface area contributed by atoms with Crippen LogP contribution in [0.4, 0.5) is 17.1 Å². The second-order valence-electron chi connectivity index (χ2n) is 5.57. The van der Waals surface area contributed by atoms with E-state index in [4.69, 9.17) is 0 Å². The van der Waals surface area contributed by atoms with Crippen LogP contribution in [0.3, 0.4) is 0 Å². The SMILES string of the molecule is O=Nc1c(O)cc(N2CCc3ccccc32)c2cc(Br)ccc12. The highest BCUT2D eigenvalue weighted by atomic mass is 79.9. The molecule has 0 bridgehead atoms. The van der Waals surface area contributed by atoms with Gasteiger partial charge in [0.25, 0.3) is 0 Å². The molecule has 1 N–H and O–H groups in total. The van der Waals surface area contributed by atoms with Crippen molar-refractivity contribution in [1.82, 2.24) is 0 Å². The van der Waals surface area contributed by atoms with Gasteiger partial charge < -0.3 is 10.0 Å². The van der Waals surface area contributed by atoms with Crippen molar-refractivity contribution in [3.8, 4) is 5.75 Å². The number of halogens is 1. The Kier molecular flexibility index (Phi) is 3.31. The summed E-state index contributed by atoms with van der Waals surface area (Å²) >= 11 is 3.48. The molecule has 3 aromatic carbocycles. The Labute approximate surface area is 141 Å². The number of fused-ring (bicyclic) bond motifs is 2. The van der Waals surface area contributed by atoms with Crippen LogP contribution < -0.4 is 4.90 Å². The van der Waals surface area contributed by atoms with Crippen molar-refractivity contribution in [1.29, 1.82) is 0 Å². The summed E-state index contributed by atoms with van der Waals surface area (Å²) in [7, 11) is 0. The van der Waals surface area contributed by atoms with Crippen molar-refractivity contribution in [3.05, 3.63) is 63.5 Å². The van der Waals surface area contributed by atoms with Gasteiger partial charge in [-0.05, 0) is 35.4 Å². The Morgan fingerprint density at radius 3 is 2.70 bits per heavy atom. The first-order valence-corrected chi connectivity index (χ1v) is 8.12. The molecule has 0 radical (unpaired) electrons. The first-order valence-electron chi connectivity index (χ1n) is 7.33. The summed E-state index contributed by atoms with van der Waals surface area (Å²) in [6, 6.07) is 15.5. The zero-order valence-corrected chi connectivity index (χ0v) is 13.7. The van der Waals surface area contributed by atoms with Gasteiger partial charge in [0.2, 0.25) is 0 Å². The first kappa shape index (κ1) is 14.2. The fourth-order valence-corrected chi connectivity index (χ4v) is 3.62. The number of benzene rings is 3. The molecule has 0 atom stereocenters. The summed E-state index contributed by atoms with van der Waals surface area (Å²) < 4.78 is 0.918. The summed E-state index contributed by atoms with van der Waals surface area (Å²) in [6.45, 7) is 0.842. The van der Waals surface area contributed by atoms with E-state index >= 15 is 0 Å². The van der Waals surface area contributed by atoms with Gasteiger partial charge in [0.1, 0.15) is 5.75 Å². The highest BCUT2D eigenvalue weighted by molar-refractivity contribution is 9.10. The third-order valence-corrected chi connectivity index (χ3v) is 4.79. The molecule has 1 heterocycles. The number of aromatic hydroxyl groups is 1. The fourth-order valence-electron chi connectivity index (χ4n) is 3.26. The highest BCUT2D eigenvalue weighted by Crippen LogP contribution is 2.45. The molecule has 5 heteroatoms. The van der Waals surface area contributed by atoms with Crippen molar-refractivity contribution in [2.24, 2.45) is 5.18 Å². The molecule has 0 aromatic heterocycles. The topological polar surface area (TPSA) is 52.9 Å². The third kappa shape index (κ3) is 2.19. The molecule has 0 aliphatic carbocycles. The van der Waals surface area contributed by atoms with Gasteiger partial charge in [-0.3, -0.25) is 0 Å². The maximum absolute atomic E-state index is 11.1. The van der Waals surface area contributed by atoms with E-state index < -0.39 is 0 Å². The molecule has 4 rings (SSSR count). The van der Waals surface area contributed by atoms with Crippen LogP contribution >= 0.6 is 15.9 Å². The van der Waals surface area contributed by atoms with Crippen molar-refractivity contribution in [3.63, 3.8) is 0 Å². The van der Waals surface area contributed by atoms with Crippen LogP contribution in [0, 0.1) is 4.91 Å². The molecular weight excluding hydrogens is 356 g/mol. The van der Waals surface area contributed by atoms with E-state index in [9.17, 15) is 10.0 Å². The minimum atomic E-state index is -0.0887. The van der Waals surface area contributed by atoms with Crippen LogP contribution in [0.15, 0.2) is 58.2 Å². The lowest BCUT2D eigenvalue weighted by atomic mass is 10.0. The largest absolute Gasteiger partial charge is 0.505 e. The quantitative estimate of drug-likeness (QED) is 0.616. The maximum Gasteiger partial charge on any atom is 0.157 e. The van der Waals surface area contributed by atoms with Crippen LogP contribution in [0.5, 0.6) is 5.75 Å². The maximum atomic E-state index is 11.1. The lowest BCUT2D eigenvalue weighted by molar-refractivity contribution is 0.477. The molecule has 0 saturated carbocycles. The second-order valence-corrected chi connectivity index (χ2v) is 6.49. The Balaban J connectivity index is 2.01. The van der Waals surface area contributed by atoms with E-state index in [1.165, 1.54) is 5.56 Å². The molecule has 0 amide bonds. The summed E-state index contributed by atoms with van der Waals surface area (Å²) in [6.07, 6.45) is 0.958. The van der Waals surface area contributed by atoms with Gasteiger partial charge in [0.15, 0.2) is 5.69 Å². The van der Waals surface area contributed by atoms with E-state index in [-0.39, 0.29) is 11.4 Å². The lowest BCUT2D eigenvalue weighted by Gasteiger charge is -2.22. The standard InChI is InChI=1S/C18H13BrN2O2/c19-12-5-6-13-14(9-12)16(10-17(22)18(13)20-23)21-8-7-11-3-1-2-4-15(11)21/h1-6,9-10,22H,7-8H2. The molecule has 114 valence electrons. The van der Waals surface area contributed by atoms with Gasteiger partial charge in [0.05, 0.1) is 5.69 Å². The Bertz CT molecular complexity index is 940. The third-order valence-electron chi connectivity index (χ3n) is 4.30. The normalized spacial score (nSPS) is 13.3. The number of hydrogen-bond donors (Lipinski definition) is 1. The minimum Gasteiger partial charge on any atom is -0.505 e. The number of rotatable bonds is 2. The van der Waals surface area contributed by atoms with Crippen LogP contribution in [0.2, 0.25) is 0 Å². The number of nitroso groups, excluding NO2 is 1. The summed E-state index contributed by atoms with van der Waals surface area (Å²) in [5.41, 5.74) is 3.40. The second kappa shape index (κ2) is 5.35. The first-order chi connectivity index (χ1) is 11.2. The van der Waals surface area contributed by atoms with Crippen molar-refractivity contribution in [2.45, 2.75) is 6.42 Å².